The van der Waals surface area contributed by atoms with E-state index in [1.807, 2.05) is 19.1 Å². The number of amides is 1. The van der Waals surface area contributed by atoms with Crippen LogP contribution < -0.4 is 10.1 Å². The second-order valence-electron chi connectivity index (χ2n) is 5.57. The Morgan fingerprint density at radius 2 is 2.00 bits per heavy atom. The first kappa shape index (κ1) is 15.4. The standard InChI is InChI=1S/C16H21NO4/c1-10-8-13(6-7-14(10)21-2)17-15(18)11-4-3-5-12(9-11)16(19)20/h6-8,11-12H,3-5,9H2,1-2H3,(H,17,18)(H,19,20). The normalized spacial score (nSPS) is 21.6. The zero-order chi connectivity index (χ0) is 15.4. The molecule has 5 nitrogen and oxygen atoms in total. The van der Waals surface area contributed by atoms with Crippen molar-refractivity contribution in [1.29, 1.82) is 0 Å². The summed E-state index contributed by atoms with van der Waals surface area (Å²) in [5.74, 6) is -0.732. The Morgan fingerprint density at radius 1 is 1.29 bits per heavy atom. The summed E-state index contributed by atoms with van der Waals surface area (Å²) in [6.45, 7) is 1.91. The van der Waals surface area contributed by atoms with Crippen LogP contribution in [0.3, 0.4) is 0 Å². The highest BCUT2D eigenvalue weighted by Crippen LogP contribution is 2.30. The summed E-state index contributed by atoms with van der Waals surface area (Å²) in [5, 5.41) is 12.0. The molecular formula is C16H21NO4. The molecule has 2 unspecified atom stereocenters. The smallest absolute Gasteiger partial charge is 0.306 e. The third-order valence-corrected chi connectivity index (χ3v) is 4.06. The lowest BCUT2D eigenvalue weighted by Gasteiger charge is -2.25. The largest absolute Gasteiger partial charge is 0.496 e. The number of methoxy groups -OCH3 is 1. The lowest BCUT2D eigenvalue weighted by molar-refractivity contribution is -0.143. The van der Waals surface area contributed by atoms with Gasteiger partial charge in [-0.2, -0.15) is 0 Å². The first-order valence-electron chi connectivity index (χ1n) is 7.19. The Kier molecular flexibility index (Phi) is 4.83. The van der Waals surface area contributed by atoms with Gasteiger partial charge in [0.05, 0.1) is 13.0 Å². The van der Waals surface area contributed by atoms with Gasteiger partial charge in [0.15, 0.2) is 0 Å². The minimum atomic E-state index is -0.798. The number of nitrogens with one attached hydrogen (secondary N) is 1. The van der Waals surface area contributed by atoms with Crippen molar-refractivity contribution >= 4 is 17.6 Å². The average Bonchev–Trinajstić information content (AvgIpc) is 2.47. The first-order valence-corrected chi connectivity index (χ1v) is 7.19. The van der Waals surface area contributed by atoms with E-state index in [0.29, 0.717) is 12.8 Å². The van der Waals surface area contributed by atoms with Crippen molar-refractivity contribution in [3.05, 3.63) is 23.8 Å². The summed E-state index contributed by atoms with van der Waals surface area (Å²) in [4.78, 5) is 23.3. The second-order valence-corrected chi connectivity index (χ2v) is 5.57. The molecular weight excluding hydrogens is 270 g/mol. The van der Waals surface area contributed by atoms with Crippen LogP contribution in [0.2, 0.25) is 0 Å². The predicted octanol–water partition coefficient (Wildman–Crippen LogP) is 2.83. The molecule has 0 spiro atoms. The van der Waals surface area contributed by atoms with Crippen molar-refractivity contribution in [1.82, 2.24) is 0 Å². The molecule has 0 saturated heterocycles. The van der Waals surface area contributed by atoms with Gasteiger partial charge in [-0.05, 0) is 49.9 Å². The van der Waals surface area contributed by atoms with E-state index in [9.17, 15) is 9.59 Å². The van der Waals surface area contributed by atoms with Crippen molar-refractivity contribution in [2.45, 2.75) is 32.6 Å². The van der Waals surface area contributed by atoms with Gasteiger partial charge in [0, 0.05) is 11.6 Å². The van der Waals surface area contributed by atoms with Gasteiger partial charge in [-0.1, -0.05) is 6.42 Å². The number of aliphatic carboxylic acids is 1. The molecule has 114 valence electrons. The summed E-state index contributed by atoms with van der Waals surface area (Å²) in [6, 6.07) is 5.46. The van der Waals surface area contributed by atoms with E-state index in [2.05, 4.69) is 5.32 Å². The fourth-order valence-electron chi connectivity index (χ4n) is 2.85. The number of hydrogen-bond acceptors (Lipinski definition) is 3. The number of carbonyl (C=O) groups excluding carboxylic acids is 1. The van der Waals surface area contributed by atoms with Crippen molar-refractivity contribution in [3.63, 3.8) is 0 Å². The minimum Gasteiger partial charge on any atom is -0.496 e. The molecule has 0 aromatic heterocycles. The van der Waals surface area contributed by atoms with Crippen molar-refractivity contribution < 1.29 is 19.4 Å². The summed E-state index contributed by atoms with van der Waals surface area (Å²) in [6.07, 6.45) is 2.64. The van der Waals surface area contributed by atoms with Gasteiger partial charge in [0.25, 0.3) is 0 Å². The van der Waals surface area contributed by atoms with E-state index < -0.39 is 11.9 Å². The maximum Gasteiger partial charge on any atom is 0.306 e. The number of rotatable bonds is 4. The fourth-order valence-corrected chi connectivity index (χ4v) is 2.85. The zero-order valence-electron chi connectivity index (χ0n) is 12.4. The number of ether oxygens (including phenoxy) is 1. The van der Waals surface area contributed by atoms with E-state index in [-0.39, 0.29) is 11.8 Å². The Morgan fingerprint density at radius 3 is 2.62 bits per heavy atom. The fraction of sp³-hybridized carbons (Fsp3) is 0.500. The van der Waals surface area contributed by atoms with Gasteiger partial charge in [-0.3, -0.25) is 9.59 Å². The molecule has 0 heterocycles. The topological polar surface area (TPSA) is 75.6 Å². The maximum atomic E-state index is 12.3. The van der Waals surface area contributed by atoms with Crippen LogP contribution in [0.5, 0.6) is 5.75 Å². The van der Waals surface area contributed by atoms with Crippen LogP contribution in [0, 0.1) is 18.8 Å². The second kappa shape index (κ2) is 6.61. The van der Waals surface area contributed by atoms with E-state index in [4.69, 9.17) is 9.84 Å². The molecule has 1 aromatic carbocycles. The molecule has 1 saturated carbocycles. The monoisotopic (exact) mass is 291 g/mol. The average molecular weight is 291 g/mol. The molecule has 2 N–H and O–H groups in total. The van der Waals surface area contributed by atoms with Gasteiger partial charge < -0.3 is 15.2 Å². The number of aryl methyl sites for hydroxylation is 1. The van der Waals surface area contributed by atoms with Crippen LogP contribution in [0.15, 0.2) is 18.2 Å². The molecule has 0 radical (unpaired) electrons. The predicted molar refractivity (Wildman–Crippen MR) is 79.4 cm³/mol. The van der Waals surface area contributed by atoms with Crippen molar-refractivity contribution in [2.24, 2.45) is 11.8 Å². The number of carbonyl (C=O) groups is 2. The van der Waals surface area contributed by atoms with Crippen molar-refractivity contribution in [3.8, 4) is 5.75 Å². The SMILES string of the molecule is COc1ccc(NC(=O)C2CCCC(C(=O)O)C2)cc1C. The van der Waals surface area contributed by atoms with E-state index in [1.165, 1.54) is 0 Å². The third kappa shape index (κ3) is 3.74. The highest BCUT2D eigenvalue weighted by Gasteiger charge is 2.31. The third-order valence-electron chi connectivity index (χ3n) is 4.06. The van der Waals surface area contributed by atoms with Crippen LogP contribution in [-0.4, -0.2) is 24.1 Å². The Hall–Kier alpha value is -2.04. The summed E-state index contributed by atoms with van der Waals surface area (Å²) in [7, 11) is 1.61. The lowest BCUT2D eigenvalue weighted by Crippen LogP contribution is -2.30. The molecule has 1 amide bonds. The zero-order valence-corrected chi connectivity index (χ0v) is 12.4. The quantitative estimate of drug-likeness (QED) is 0.894. The summed E-state index contributed by atoms with van der Waals surface area (Å²) < 4.78 is 5.18. The molecule has 1 aliphatic carbocycles. The number of anilines is 1. The maximum absolute atomic E-state index is 12.3. The number of hydrogen-bond donors (Lipinski definition) is 2. The van der Waals surface area contributed by atoms with Gasteiger partial charge >= 0.3 is 5.97 Å². The van der Waals surface area contributed by atoms with Crippen molar-refractivity contribution in [2.75, 3.05) is 12.4 Å². The Labute approximate surface area is 124 Å². The van der Waals surface area contributed by atoms with E-state index in [1.54, 1.807) is 13.2 Å². The minimum absolute atomic E-state index is 0.0921. The van der Waals surface area contributed by atoms with Gasteiger partial charge in [-0.25, -0.2) is 0 Å². The van der Waals surface area contributed by atoms with E-state index in [0.717, 1.165) is 29.8 Å². The summed E-state index contributed by atoms with van der Waals surface area (Å²) in [5.41, 5.74) is 1.66. The molecule has 0 bridgehead atoms. The van der Waals surface area contributed by atoms with E-state index >= 15 is 0 Å². The Balaban J connectivity index is 2.00. The molecule has 2 atom stereocenters. The highest BCUT2D eigenvalue weighted by atomic mass is 16.5. The van der Waals surface area contributed by atoms with Crippen LogP contribution >= 0.6 is 0 Å². The molecule has 1 aromatic rings. The molecule has 5 heteroatoms. The van der Waals surface area contributed by atoms with Gasteiger partial charge in [0.1, 0.15) is 5.75 Å². The molecule has 1 aliphatic rings. The molecule has 2 rings (SSSR count). The van der Waals surface area contributed by atoms with Gasteiger partial charge in [-0.15, -0.1) is 0 Å². The first-order chi connectivity index (χ1) is 10.0. The molecule has 1 fully saturated rings. The number of carboxylic acid groups (broad SMARTS) is 1. The molecule has 21 heavy (non-hydrogen) atoms. The number of benzene rings is 1. The summed E-state index contributed by atoms with van der Waals surface area (Å²) >= 11 is 0. The lowest BCUT2D eigenvalue weighted by atomic mass is 9.81. The molecule has 0 aliphatic heterocycles. The van der Waals surface area contributed by atoms with Crippen LogP contribution in [-0.2, 0) is 9.59 Å². The van der Waals surface area contributed by atoms with Gasteiger partial charge in [0.2, 0.25) is 5.91 Å². The van der Waals surface area contributed by atoms with Crippen LogP contribution in [0.4, 0.5) is 5.69 Å². The number of carboxylic acids is 1. The Bertz CT molecular complexity index is 541. The van der Waals surface area contributed by atoms with Crippen LogP contribution in [0.1, 0.15) is 31.2 Å². The highest BCUT2D eigenvalue weighted by molar-refractivity contribution is 5.93. The van der Waals surface area contributed by atoms with Crippen LogP contribution in [0.25, 0.3) is 0 Å².